The molecule has 0 aliphatic rings. The molecule has 0 aliphatic carbocycles. The lowest BCUT2D eigenvalue weighted by Crippen LogP contribution is -2.28. The Kier molecular flexibility index (Phi) is 56.9. The van der Waals surface area contributed by atoms with Crippen molar-refractivity contribution < 1.29 is 24.2 Å². The van der Waals surface area contributed by atoms with Crippen molar-refractivity contribution in [2.45, 2.75) is 277 Å². The molecule has 1 unspecified atom stereocenters. The topological polar surface area (TPSA) is 72.8 Å². The van der Waals surface area contributed by atoms with Gasteiger partial charge in [0.05, 0.1) is 6.61 Å². The zero-order valence-corrected chi connectivity index (χ0v) is 45.7. The SMILES string of the molecule is CC/C=C\C/C=C\C/C=C\C/C=C\C/C=C\CCCCCCCCCCCCCCCCCC(=O)OC(CO)COC(=O)CCCCCCCCCCCCCC/C=C\C/C=C\C/C=C\C/C=C\CC. The molecule has 0 rings (SSSR count). The molecule has 0 amide bonds. The van der Waals surface area contributed by atoms with Crippen LogP contribution in [0.3, 0.4) is 0 Å². The summed E-state index contributed by atoms with van der Waals surface area (Å²) in [6, 6.07) is 0. The molecule has 0 aromatic rings. The van der Waals surface area contributed by atoms with E-state index in [0.717, 1.165) is 96.3 Å². The molecule has 1 N–H and O–H groups in total. The Morgan fingerprint density at radius 2 is 0.571 bits per heavy atom. The van der Waals surface area contributed by atoms with E-state index < -0.39 is 6.10 Å². The number of hydrogen-bond donors (Lipinski definition) is 1. The van der Waals surface area contributed by atoms with E-state index >= 15 is 0 Å². The highest BCUT2D eigenvalue weighted by molar-refractivity contribution is 5.70. The van der Waals surface area contributed by atoms with Crippen molar-refractivity contribution in [1.29, 1.82) is 0 Å². The molecular formula is C65H110O5. The molecule has 0 fully saturated rings. The lowest BCUT2D eigenvalue weighted by atomic mass is 10.0. The van der Waals surface area contributed by atoms with E-state index in [1.165, 1.54) is 148 Å². The van der Waals surface area contributed by atoms with Crippen LogP contribution in [0.15, 0.2) is 109 Å². The minimum Gasteiger partial charge on any atom is -0.462 e. The summed E-state index contributed by atoms with van der Waals surface area (Å²) in [5, 5.41) is 9.67. The van der Waals surface area contributed by atoms with Gasteiger partial charge >= 0.3 is 11.9 Å². The first-order chi connectivity index (χ1) is 34.6. The summed E-state index contributed by atoms with van der Waals surface area (Å²) in [6.45, 7) is 3.93. The first kappa shape index (κ1) is 66.6. The summed E-state index contributed by atoms with van der Waals surface area (Å²) >= 11 is 0. The van der Waals surface area contributed by atoms with E-state index in [-0.39, 0.29) is 25.2 Å². The fourth-order valence-electron chi connectivity index (χ4n) is 8.22. The highest BCUT2D eigenvalue weighted by atomic mass is 16.6. The highest BCUT2D eigenvalue weighted by Gasteiger charge is 2.16. The summed E-state index contributed by atoms with van der Waals surface area (Å²) in [7, 11) is 0. The van der Waals surface area contributed by atoms with E-state index in [2.05, 4.69) is 123 Å². The van der Waals surface area contributed by atoms with Crippen molar-refractivity contribution in [3.8, 4) is 0 Å². The first-order valence-corrected chi connectivity index (χ1v) is 29.4. The van der Waals surface area contributed by atoms with Gasteiger partial charge in [0.15, 0.2) is 6.10 Å². The molecule has 0 aromatic carbocycles. The molecule has 5 nitrogen and oxygen atoms in total. The second-order valence-corrected chi connectivity index (χ2v) is 19.3. The number of esters is 2. The zero-order chi connectivity index (χ0) is 50.6. The molecule has 70 heavy (non-hydrogen) atoms. The summed E-state index contributed by atoms with van der Waals surface area (Å²) in [5.74, 6) is -0.590. The van der Waals surface area contributed by atoms with E-state index in [9.17, 15) is 14.7 Å². The molecular weight excluding hydrogens is 861 g/mol. The largest absolute Gasteiger partial charge is 0.462 e. The fraction of sp³-hybridized carbons (Fsp3) is 0.692. The third kappa shape index (κ3) is 57.1. The molecule has 1 atom stereocenters. The summed E-state index contributed by atoms with van der Waals surface area (Å²) in [6.07, 6.45) is 86.4. The minimum absolute atomic E-state index is 0.0701. The second-order valence-electron chi connectivity index (χ2n) is 19.3. The average Bonchev–Trinajstić information content (AvgIpc) is 3.36. The lowest BCUT2D eigenvalue weighted by molar-refractivity contribution is -0.161. The predicted molar refractivity (Wildman–Crippen MR) is 306 cm³/mol. The van der Waals surface area contributed by atoms with Gasteiger partial charge in [0, 0.05) is 12.8 Å². The Morgan fingerprint density at radius 3 is 0.857 bits per heavy atom. The van der Waals surface area contributed by atoms with Gasteiger partial charge in [0.1, 0.15) is 6.61 Å². The van der Waals surface area contributed by atoms with E-state index in [4.69, 9.17) is 9.47 Å². The Labute approximate surface area is 433 Å². The molecule has 0 saturated carbocycles. The monoisotopic (exact) mass is 971 g/mol. The molecule has 0 spiro atoms. The van der Waals surface area contributed by atoms with Gasteiger partial charge in [-0.15, -0.1) is 0 Å². The number of rotatable bonds is 53. The van der Waals surface area contributed by atoms with Crippen molar-refractivity contribution >= 4 is 11.9 Å². The normalized spacial score (nSPS) is 13.0. The molecule has 5 heteroatoms. The van der Waals surface area contributed by atoms with Crippen LogP contribution in [0, 0.1) is 0 Å². The standard InChI is InChI=1S/C65H110O5/c1-3-5-7-9-11-13-15-17-19-21-23-25-27-29-30-31-32-33-34-36-38-40-42-44-46-48-50-52-54-56-58-60-65(68)70-63(61-66)62-69-64(67)59-57-55-53-51-49-47-45-43-41-39-37-35-28-26-24-22-20-18-16-14-12-10-8-6-4-2/h5-8,11-14,17-20,23-26,29-30,63,66H,3-4,9-10,15-16,21-22,27-28,31-62H2,1-2H3/b7-5-,8-6-,13-11-,14-12-,19-17-,20-18-,25-23-,26-24-,30-29-. The Bertz CT molecular complexity index is 1380. The van der Waals surface area contributed by atoms with E-state index in [1.54, 1.807) is 0 Å². The number of aliphatic hydroxyl groups excluding tert-OH is 1. The van der Waals surface area contributed by atoms with Gasteiger partial charge in [-0.3, -0.25) is 9.59 Å². The Hall–Kier alpha value is -3.44. The number of carbonyl (C=O) groups is 2. The third-order valence-corrected chi connectivity index (χ3v) is 12.6. The number of carbonyl (C=O) groups excluding carboxylic acids is 2. The lowest BCUT2D eigenvalue weighted by Gasteiger charge is -2.15. The Morgan fingerprint density at radius 1 is 0.329 bits per heavy atom. The van der Waals surface area contributed by atoms with Crippen LogP contribution < -0.4 is 0 Å². The third-order valence-electron chi connectivity index (χ3n) is 12.6. The van der Waals surface area contributed by atoms with Crippen LogP contribution in [0.5, 0.6) is 0 Å². The summed E-state index contributed by atoms with van der Waals surface area (Å²) < 4.78 is 10.7. The molecule has 0 aliphatic heterocycles. The number of aliphatic hydroxyl groups is 1. The van der Waals surface area contributed by atoms with E-state index in [1.807, 2.05) is 0 Å². The molecule has 0 heterocycles. The van der Waals surface area contributed by atoms with Crippen molar-refractivity contribution in [2.75, 3.05) is 13.2 Å². The van der Waals surface area contributed by atoms with Gasteiger partial charge in [0.25, 0.3) is 0 Å². The van der Waals surface area contributed by atoms with Gasteiger partial charge < -0.3 is 14.6 Å². The maximum atomic E-state index is 12.3. The number of allylic oxidation sites excluding steroid dienone is 18. The van der Waals surface area contributed by atoms with Crippen LogP contribution in [0.4, 0.5) is 0 Å². The van der Waals surface area contributed by atoms with Crippen molar-refractivity contribution in [3.63, 3.8) is 0 Å². The van der Waals surface area contributed by atoms with Crippen LogP contribution in [-0.4, -0.2) is 36.4 Å². The zero-order valence-electron chi connectivity index (χ0n) is 45.7. The van der Waals surface area contributed by atoms with Crippen LogP contribution in [0.1, 0.15) is 271 Å². The molecule has 0 bridgehead atoms. The molecule has 400 valence electrons. The number of ether oxygens (including phenoxy) is 2. The maximum absolute atomic E-state index is 12.3. The van der Waals surface area contributed by atoms with Gasteiger partial charge in [-0.2, -0.15) is 0 Å². The van der Waals surface area contributed by atoms with Crippen LogP contribution in [0.25, 0.3) is 0 Å². The van der Waals surface area contributed by atoms with Crippen LogP contribution in [-0.2, 0) is 19.1 Å². The van der Waals surface area contributed by atoms with Crippen molar-refractivity contribution in [2.24, 2.45) is 0 Å². The minimum atomic E-state index is -0.779. The molecule has 0 radical (unpaired) electrons. The predicted octanol–water partition coefficient (Wildman–Crippen LogP) is 20.1. The maximum Gasteiger partial charge on any atom is 0.306 e. The second kappa shape index (κ2) is 59.9. The van der Waals surface area contributed by atoms with Crippen LogP contribution in [0.2, 0.25) is 0 Å². The van der Waals surface area contributed by atoms with Crippen LogP contribution >= 0.6 is 0 Å². The summed E-state index contributed by atoms with van der Waals surface area (Å²) in [5.41, 5.74) is 0. The molecule has 0 aromatic heterocycles. The first-order valence-electron chi connectivity index (χ1n) is 29.4. The molecule has 0 saturated heterocycles. The Balaban J connectivity index is 3.49. The van der Waals surface area contributed by atoms with Crippen molar-refractivity contribution in [3.05, 3.63) is 109 Å². The van der Waals surface area contributed by atoms with Gasteiger partial charge in [0.2, 0.25) is 0 Å². The van der Waals surface area contributed by atoms with Crippen molar-refractivity contribution in [1.82, 2.24) is 0 Å². The fourth-order valence-corrected chi connectivity index (χ4v) is 8.22. The summed E-state index contributed by atoms with van der Waals surface area (Å²) in [4.78, 5) is 24.6. The van der Waals surface area contributed by atoms with E-state index in [0.29, 0.717) is 12.8 Å². The smallest absolute Gasteiger partial charge is 0.306 e. The number of unbranched alkanes of at least 4 members (excludes halogenated alkanes) is 27. The van der Waals surface area contributed by atoms with Gasteiger partial charge in [-0.1, -0.05) is 271 Å². The van der Waals surface area contributed by atoms with Gasteiger partial charge in [-0.05, 0) is 96.3 Å². The number of hydrogen-bond acceptors (Lipinski definition) is 5. The quantitative estimate of drug-likeness (QED) is 0.0373. The average molecular weight is 972 g/mol. The van der Waals surface area contributed by atoms with Gasteiger partial charge in [-0.25, -0.2) is 0 Å². The highest BCUT2D eigenvalue weighted by Crippen LogP contribution is 2.16.